The molecule has 1 unspecified atom stereocenters. The molecule has 1 aromatic rings. The summed E-state index contributed by atoms with van der Waals surface area (Å²) >= 11 is 11.7. The summed E-state index contributed by atoms with van der Waals surface area (Å²) in [4.78, 5) is 15.9. The van der Waals surface area contributed by atoms with E-state index < -0.39 is 6.04 Å². The number of amides is 1. The largest absolute Gasteiger partial charge is 0.475 e. The highest BCUT2D eigenvalue weighted by Gasteiger charge is 2.26. The van der Waals surface area contributed by atoms with Gasteiger partial charge in [0.25, 0.3) is 0 Å². The Balaban J connectivity index is 0.00000264. The predicted molar refractivity (Wildman–Crippen MR) is 98.8 cm³/mol. The van der Waals surface area contributed by atoms with Crippen molar-refractivity contribution in [3.63, 3.8) is 0 Å². The van der Waals surface area contributed by atoms with E-state index in [1.165, 1.54) is 6.20 Å². The third-order valence-corrected chi connectivity index (χ3v) is 3.97. The predicted octanol–water partition coefficient (Wildman–Crippen LogP) is 2.48. The molecule has 1 fully saturated rings. The Morgan fingerprint density at radius 3 is 2.71 bits per heavy atom. The van der Waals surface area contributed by atoms with Gasteiger partial charge in [0, 0.05) is 19.4 Å². The van der Waals surface area contributed by atoms with Crippen LogP contribution in [0.5, 0.6) is 5.88 Å². The van der Waals surface area contributed by atoms with Gasteiger partial charge in [-0.2, -0.15) is 0 Å². The summed E-state index contributed by atoms with van der Waals surface area (Å²) in [6.45, 7) is 1.90. The molecule has 0 spiro atoms. The molecule has 6 nitrogen and oxygen atoms in total. The maximum absolute atomic E-state index is 12.0. The van der Waals surface area contributed by atoms with Crippen molar-refractivity contribution in [3.05, 3.63) is 22.3 Å². The minimum absolute atomic E-state index is 0. The number of nitrogens with two attached hydrogens (primary N) is 1. The number of hydrogen-bond donors (Lipinski definition) is 2. The van der Waals surface area contributed by atoms with Gasteiger partial charge in [0.1, 0.15) is 11.6 Å². The summed E-state index contributed by atoms with van der Waals surface area (Å²) in [6, 6.07) is 1.03. The zero-order valence-corrected chi connectivity index (χ0v) is 16.0. The van der Waals surface area contributed by atoms with Gasteiger partial charge in [0.05, 0.1) is 17.6 Å². The number of carbonyl (C=O) groups is 1. The van der Waals surface area contributed by atoms with Crippen molar-refractivity contribution < 1.29 is 14.3 Å². The number of aromatic nitrogens is 1. The third kappa shape index (κ3) is 7.17. The molecular formula is C14H21Cl4N3O3. The molecule has 138 valence electrons. The van der Waals surface area contributed by atoms with Gasteiger partial charge in [-0.25, -0.2) is 4.98 Å². The van der Waals surface area contributed by atoms with Crippen LogP contribution in [0, 0.1) is 5.92 Å². The summed E-state index contributed by atoms with van der Waals surface area (Å²) in [6.07, 6.45) is 3.08. The van der Waals surface area contributed by atoms with Crippen LogP contribution in [0.4, 0.5) is 0 Å². The number of nitrogens with zero attached hydrogens (tertiary/aromatic N) is 1. The summed E-state index contributed by atoms with van der Waals surface area (Å²) in [7, 11) is 0. The number of hydrogen-bond acceptors (Lipinski definition) is 5. The molecule has 0 aliphatic carbocycles. The SMILES string of the molecule is Cl.Cl.NC(C(=O)NCCOc1ncc(Cl)cc1Cl)C1CCOCC1. The van der Waals surface area contributed by atoms with Gasteiger partial charge in [-0.05, 0) is 24.8 Å². The van der Waals surface area contributed by atoms with Crippen molar-refractivity contribution in [1.29, 1.82) is 0 Å². The maximum Gasteiger partial charge on any atom is 0.237 e. The van der Waals surface area contributed by atoms with Crippen LogP contribution in [0.15, 0.2) is 12.3 Å². The van der Waals surface area contributed by atoms with E-state index in [4.69, 9.17) is 38.4 Å². The zero-order chi connectivity index (χ0) is 15.9. The van der Waals surface area contributed by atoms with E-state index in [2.05, 4.69) is 10.3 Å². The standard InChI is InChI=1S/C14H19Cl2N3O3.2ClH/c15-10-7-11(16)14(19-8-10)22-6-3-18-13(20)12(17)9-1-4-21-5-2-9;;/h7-9,12H,1-6,17H2,(H,18,20);2*1H. The van der Waals surface area contributed by atoms with E-state index in [9.17, 15) is 4.79 Å². The second-order valence-electron chi connectivity index (χ2n) is 5.06. The number of rotatable bonds is 6. The molecule has 1 saturated heterocycles. The van der Waals surface area contributed by atoms with Crippen LogP contribution < -0.4 is 15.8 Å². The van der Waals surface area contributed by atoms with Crippen LogP contribution in [0.2, 0.25) is 10.0 Å². The van der Waals surface area contributed by atoms with Crippen molar-refractivity contribution in [3.8, 4) is 5.88 Å². The minimum Gasteiger partial charge on any atom is -0.475 e. The molecule has 0 saturated carbocycles. The summed E-state index contributed by atoms with van der Waals surface area (Å²) < 4.78 is 10.7. The van der Waals surface area contributed by atoms with E-state index in [0.717, 1.165) is 12.8 Å². The Morgan fingerprint density at radius 2 is 2.08 bits per heavy atom. The van der Waals surface area contributed by atoms with Gasteiger partial charge in [0.15, 0.2) is 0 Å². The van der Waals surface area contributed by atoms with E-state index in [1.54, 1.807) is 6.07 Å². The normalized spacial score (nSPS) is 15.6. The lowest BCUT2D eigenvalue weighted by molar-refractivity contribution is -0.124. The molecule has 10 heteroatoms. The van der Waals surface area contributed by atoms with E-state index in [1.807, 2.05) is 0 Å². The first-order chi connectivity index (χ1) is 10.6. The number of nitrogens with one attached hydrogen (secondary N) is 1. The number of pyridine rings is 1. The maximum atomic E-state index is 12.0. The Labute approximate surface area is 163 Å². The Bertz CT molecular complexity index is 516. The van der Waals surface area contributed by atoms with Crippen LogP contribution in [0.1, 0.15) is 12.8 Å². The first-order valence-corrected chi connectivity index (χ1v) is 7.88. The lowest BCUT2D eigenvalue weighted by Crippen LogP contribution is -2.47. The molecule has 2 rings (SSSR count). The lowest BCUT2D eigenvalue weighted by atomic mass is 9.92. The Morgan fingerprint density at radius 1 is 1.42 bits per heavy atom. The molecule has 2 heterocycles. The topological polar surface area (TPSA) is 86.5 Å². The Kier molecular flexibility index (Phi) is 11.7. The van der Waals surface area contributed by atoms with E-state index >= 15 is 0 Å². The fourth-order valence-corrected chi connectivity index (χ4v) is 2.67. The fourth-order valence-electron chi connectivity index (χ4n) is 2.24. The van der Waals surface area contributed by atoms with Crippen molar-refractivity contribution in [1.82, 2.24) is 10.3 Å². The second-order valence-corrected chi connectivity index (χ2v) is 5.90. The number of halogens is 4. The average Bonchev–Trinajstić information content (AvgIpc) is 2.53. The summed E-state index contributed by atoms with van der Waals surface area (Å²) in [5, 5.41) is 3.52. The quantitative estimate of drug-likeness (QED) is 0.690. The molecule has 0 aromatic carbocycles. The molecular weight excluding hydrogens is 400 g/mol. The highest BCUT2D eigenvalue weighted by Crippen LogP contribution is 2.24. The molecule has 1 amide bonds. The molecule has 0 bridgehead atoms. The number of carbonyl (C=O) groups excluding carboxylic acids is 1. The van der Waals surface area contributed by atoms with Crippen LogP contribution in [-0.2, 0) is 9.53 Å². The summed E-state index contributed by atoms with van der Waals surface area (Å²) in [5.41, 5.74) is 5.97. The molecule has 1 aliphatic heterocycles. The van der Waals surface area contributed by atoms with E-state index in [-0.39, 0.29) is 49.1 Å². The van der Waals surface area contributed by atoms with E-state index in [0.29, 0.717) is 29.8 Å². The average molecular weight is 421 g/mol. The first kappa shape index (κ1) is 23.5. The minimum atomic E-state index is -0.513. The van der Waals surface area contributed by atoms with Gasteiger partial charge in [-0.1, -0.05) is 23.2 Å². The summed E-state index contributed by atoms with van der Waals surface area (Å²) in [5.74, 6) is 0.279. The number of ether oxygens (including phenoxy) is 2. The molecule has 1 atom stereocenters. The van der Waals surface area contributed by atoms with Gasteiger partial charge in [-0.15, -0.1) is 24.8 Å². The first-order valence-electron chi connectivity index (χ1n) is 7.13. The molecule has 1 aliphatic rings. The van der Waals surface area contributed by atoms with Crippen molar-refractivity contribution in [2.75, 3.05) is 26.4 Å². The molecule has 3 N–H and O–H groups in total. The van der Waals surface area contributed by atoms with Crippen LogP contribution in [0.25, 0.3) is 0 Å². The van der Waals surface area contributed by atoms with Crippen LogP contribution >= 0.6 is 48.0 Å². The lowest BCUT2D eigenvalue weighted by Gasteiger charge is -2.26. The Hall–Kier alpha value is -0.500. The fraction of sp³-hybridized carbons (Fsp3) is 0.571. The zero-order valence-electron chi connectivity index (χ0n) is 12.9. The molecule has 0 radical (unpaired) electrons. The third-order valence-electron chi connectivity index (χ3n) is 3.49. The van der Waals surface area contributed by atoms with Crippen molar-refractivity contribution >= 4 is 53.9 Å². The highest BCUT2D eigenvalue weighted by atomic mass is 35.5. The monoisotopic (exact) mass is 419 g/mol. The van der Waals surface area contributed by atoms with Gasteiger partial charge < -0.3 is 20.5 Å². The molecule has 1 aromatic heterocycles. The van der Waals surface area contributed by atoms with Crippen LogP contribution in [-0.4, -0.2) is 43.3 Å². The van der Waals surface area contributed by atoms with Crippen molar-refractivity contribution in [2.45, 2.75) is 18.9 Å². The van der Waals surface area contributed by atoms with Crippen molar-refractivity contribution in [2.24, 2.45) is 11.7 Å². The van der Waals surface area contributed by atoms with Crippen LogP contribution in [0.3, 0.4) is 0 Å². The van der Waals surface area contributed by atoms with Gasteiger partial charge in [0.2, 0.25) is 11.8 Å². The van der Waals surface area contributed by atoms with Gasteiger partial charge >= 0.3 is 0 Å². The molecule has 24 heavy (non-hydrogen) atoms. The van der Waals surface area contributed by atoms with Gasteiger partial charge in [-0.3, -0.25) is 4.79 Å². The second kappa shape index (κ2) is 12.0. The smallest absolute Gasteiger partial charge is 0.237 e. The highest BCUT2D eigenvalue weighted by molar-refractivity contribution is 6.35.